The van der Waals surface area contributed by atoms with Gasteiger partial charge in [0.1, 0.15) is 0 Å². The molecule has 0 fully saturated rings. The summed E-state index contributed by atoms with van der Waals surface area (Å²) in [5.74, 6) is -0.385. The second-order valence-electron chi connectivity index (χ2n) is 7.46. The third-order valence-electron chi connectivity index (χ3n) is 4.85. The van der Waals surface area contributed by atoms with Gasteiger partial charge in [-0.25, -0.2) is 9.59 Å². The first-order chi connectivity index (χ1) is 14.8. The van der Waals surface area contributed by atoms with E-state index in [1.165, 1.54) is 0 Å². The number of amides is 2. The second-order valence-corrected chi connectivity index (χ2v) is 7.85. The molecule has 2 aromatic carbocycles. The summed E-state index contributed by atoms with van der Waals surface area (Å²) < 4.78 is 5.46. The summed E-state index contributed by atoms with van der Waals surface area (Å²) in [6.07, 6.45) is -0.234. The molecule has 1 unspecified atom stereocenters. The largest absolute Gasteiger partial charge is 0.459 e. The van der Waals surface area contributed by atoms with E-state index in [2.05, 4.69) is 16.0 Å². The minimum absolute atomic E-state index is 0.234. The Morgan fingerprint density at radius 3 is 2.19 bits per heavy atom. The van der Waals surface area contributed by atoms with Gasteiger partial charge in [-0.2, -0.15) is 0 Å². The third-order valence-corrected chi connectivity index (χ3v) is 5.24. The highest BCUT2D eigenvalue weighted by atomic mass is 32.1. The van der Waals surface area contributed by atoms with E-state index in [0.29, 0.717) is 22.1 Å². The number of carbonyl (C=O) groups excluding carboxylic acids is 2. The smallest absolute Gasteiger partial charge is 0.338 e. The molecule has 8 heteroatoms. The number of thiocarbonyl (C=S) groups is 1. The Bertz CT molecular complexity index is 1000. The van der Waals surface area contributed by atoms with Crippen molar-refractivity contribution in [3.63, 3.8) is 0 Å². The van der Waals surface area contributed by atoms with Crippen molar-refractivity contribution in [3.8, 4) is 0 Å². The molecule has 0 spiro atoms. The molecule has 162 valence electrons. The number of hydrogen-bond donors (Lipinski definition) is 3. The summed E-state index contributed by atoms with van der Waals surface area (Å²) in [7, 11) is 1.81. The van der Waals surface area contributed by atoms with Crippen LogP contribution in [-0.4, -0.2) is 35.2 Å². The van der Waals surface area contributed by atoms with Crippen LogP contribution in [0.1, 0.15) is 32.4 Å². The lowest BCUT2D eigenvalue weighted by Gasteiger charge is -2.35. The lowest BCUT2D eigenvalue weighted by Crippen LogP contribution is -2.46. The van der Waals surface area contributed by atoms with Gasteiger partial charge in [-0.15, -0.1) is 0 Å². The summed E-state index contributed by atoms with van der Waals surface area (Å²) in [5, 5.41) is 9.30. The number of urea groups is 1. The van der Waals surface area contributed by atoms with Crippen molar-refractivity contribution in [2.45, 2.75) is 32.9 Å². The van der Waals surface area contributed by atoms with Gasteiger partial charge in [-0.1, -0.05) is 30.3 Å². The molecular weight excluding hydrogens is 412 g/mol. The third kappa shape index (κ3) is 5.40. The van der Waals surface area contributed by atoms with Crippen molar-refractivity contribution in [1.82, 2.24) is 10.2 Å². The number of hydrogen-bond acceptors (Lipinski definition) is 4. The highest BCUT2D eigenvalue weighted by Gasteiger charge is 2.33. The molecule has 1 atom stereocenters. The van der Waals surface area contributed by atoms with Crippen LogP contribution in [0.2, 0.25) is 0 Å². The van der Waals surface area contributed by atoms with Crippen LogP contribution >= 0.6 is 12.2 Å². The fraction of sp³-hybridized carbons (Fsp3) is 0.261. The number of esters is 1. The quantitative estimate of drug-likeness (QED) is 0.474. The van der Waals surface area contributed by atoms with Crippen LogP contribution in [0.4, 0.5) is 16.2 Å². The van der Waals surface area contributed by atoms with Crippen LogP contribution in [0.25, 0.3) is 0 Å². The number of ether oxygens (including phenoxy) is 1. The van der Waals surface area contributed by atoms with Gasteiger partial charge in [0, 0.05) is 24.1 Å². The van der Waals surface area contributed by atoms with Gasteiger partial charge >= 0.3 is 12.0 Å². The SMILES string of the molecule is CC1=C(C(=O)OC(C)C)C(c2ccc(NC(=O)Nc3ccccc3)cc2)NC(=S)N1C. The van der Waals surface area contributed by atoms with Crippen LogP contribution < -0.4 is 16.0 Å². The Morgan fingerprint density at radius 1 is 1.03 bits per heavy atom. The number of allylic oxidation sites excluding steroid dienone is 1. The number of rotatable bonds is 5. The first-order valence-corrected chi connectivity index (χ1v) is 10.4. The number of nitrogens with zero attached hydrogens (tertiary/aromatic N) is 1. The molecule has 0 saturated heterocycles. The van der Waals surface area contributed by atoms with E-state index in [1.807, 2.05) is 70.3 Å². The molecule has 7 nitrogen and oxygen atoms in total. The zero-order valence-corrected chi connectivity index (χ0v) is 18.7. The molecule has 3 N–H and O–H groups in total. The molecule has 0 saturated carbocycles. The van der Waals surface area contributed by atoms with Gasteiger partial charge < -0.3 is 25.6 Å². The van der Waals surface area contributed by atoms with Crippen LogP contribution in [0, 0.1) is 0 Å². The number of anilines is 2. The van der Waals surface area contributed by atoms with E-state index in [1.54, 1.807) is 17.0 Å². The molecule has 0 bridgehead atoms. The molecule has 0 aromatic heterocycles. The maximum Gasteiger partial charge on any atom is 0.338 e. The number of carbonyl (C=O) groups is 2. The van der Waals surface area contributed by atoms with Gasteiger partial charge in [0.2, 0.25) is 0 Å². The summed E-state index contributed by atoms with van der Waals surface area (Å²) in [5.41, 5.74) is 3.41. The van der Waals surface area contributed by atoms with Crippen molar-refractivity contribution in [2.75, 3.05) is 17.7 Å². The predicted octanol–water partition coefficient (Wildman–Crippen LogP) is 4.42. The van der Waals surface area contributed by atoms with Crippen molar-refractivity contribution in [3.05, 3.63) is 71.4 Å². The maximum atomic E-state index is 12.8. The Kier molecular flexibility index (Phi) is 6.91. The van der Waals surface area contributed by atoms with Gasteiger partial charge in [-0.3, -0.25) is 0 Å². The Morgan fingerprint density at radius 2 is 1.61 bits per heavy atom. The molecule has 0 aliphatic carbocycles. The van der Waals surface area contributed by atoms with Crippen LogP contribution in [0.3, 0.4) is 0 Å². The summed E-state index contributed by atoms with van der Waals surface area (Å²) >= 11 is 5.42. The van der Waals surface area contributed by atoms with E-state index in [9.17, 15) is 9.59 Å². The highest BCUT2D eigenvalue weighted by molar-refractivity contribution is 7.80. The van der Waals surface area contributed by atoms with E-state index in [-0.39, 0.29) is 18.1 Å². The first-order valence-electron chi connectivity index (χ1n) is 9.95. The zero-order valence-electron chi connectivity index (χ0n) is 17.9. The highest BCUT2D eigenvalue weighted by Crippen LogP contribution is 2.31. The summed E-state index contributed by atoms with van der Waals surface area (Å²) in [6, 6.07) is 15.7. The van der Waals surface area contributed by atoms with Crippen LogP contribution in [0.15, 0.2) is 65.9 Å². The lowest BCUT2D eigenvalue weighted by atomic mass is 9.95. The van der Waals surface area contributed by atoms with Gasteiger partial charge in [0.15, 0.2) is 5.11 Å². The molecule has 2 aromatic rings. The monoisotopic (exact) mass is 438 g/mol. The second kappa shape index (κ2) is 9.61. The van der Waals surface area contributed by atoms with Crippen molar-refractivity contribution in [2.24, 2.45) is 0 Å². The van der Waals surface area contributed by atoms with Gasteiger partial charge in [0.05, 0.1) is 17.7 Å². The topological polar surface area (TPSA) is 82.7 Å². The molecular formula is C23H26N4O3S. The maximum absolute atomic E-state index is 12.8. The Balaban J connectivity index is 1.78. The minimum Gasteiger partial charge on any atom is -0.459 e. The standard InChI is InChI=1S/C23H26N4O3S/c1-14(2)30-21(28)19-15(3)27(4)23(31)26-20(19)16-10-12-18(13-11-16)25-22(29)24-17-8-6-5-7-9-17/h5-14,20H,1-4H3,(H,26,31)(H2,24,25,29). The molecule has 2 amide bonds. The number of benzene rings is 2. The van der Waals surface area contributed by atoms with Crippen molar-refractivity contribution in [1.29, 1.82) is 0 Å². The molecule has 1 aliphatic rings. The summed E-state index contributed by atoms with van der Waals surface area (Å²) in [4.78, 5) is 26.8. The van der Waals surface area contributed by atoms with Crippen molar-refractivity contribution >= 4 is 40.7 Å². The van der Waals surface area contributed by atoms with E-state index in [0.717, 1.165) is 11.3 Å². The predicted molar refractivity (Wildman–Crippen MR) is 126 cm³/mol. The van der Waals surface area contributed by atoms with Crippen LogP contribution in [-0.2, 0) is 9.53 Å². The zero-order chi connectivity index (χ0) is 22.5. The number of para-hydroxylation sites is 1. The van der Waals surface area contributed by atoms with Crippen molar-refractivity contribution < 1.29 is 14.3 Å². The molecule has 3 rings (SSSR count). The average Bonchev–Trinajstić information content (AvgIpc) is 2.72. The van der Waals surface area contributed by atoms with Gasteiger partial charge in [0.25, 0.3) is 0 Å². The summed E-state index contributed by atoms with van der Waals surface area (Å²) in [6.45, 7) is 5.48. The fourth-order valence-corrected chi connectivity index (χ4v) is 3.46. The average molecular weight is 439 g/mol. The number of nitrogens with one attached hydrogen (secondary N) is 3. The Labute approximate surface area is 187 Å². The molecule has 0 radical (unpaired) electrons. The molecule has 1 heterocycles. The molecule has 31 heavy (non-hydrogen) atoms. The van der Waals surface area contributed by atoms with E-state index in [4.69, 9.17) is 17.0 Å². The van der Waals surface area contributed by atoms with E-state index >= 15 is 0 Å². The normalized spacial score (nSPS) is 16.1. The fourth-order valence-electron chi connectivity index (χ4n) is 3.20. The Hall–Kier alpha value is -3.39. The minimum atomic E-state index is -0.442. The van der Waals surface area contributed by atoms with Gasteiger partial charge in [-0.05, 0) is 62.8 Å². The van der Waals surface area contributed by atoms with Crippen LogP contribution in [0.5, 0.6) is 0 Å². The van der Waals surface area contributed by atoms with E-state index < -0.39 is 6.04 Å². The molecule has 1 aliphatic heterocycles. The lowest BCUT2D eigenvalue weighted by molar-refractivity contribution is -0.143. The first kappa shape index (κ1) is 22.3.